The van der Waals surface area contributed by atoms with Gasteiger partial charge in [-0.05, 0) is 52.7 Å². The number of hydrogen-bond acceptors (Lipinski definition) is 0. The van der Waals surface area contributed by atoms with Crippen LogP contribution in [-0.4, -0.2) is 0 Å². The van der Waals surface area contributed by atoms with E-state index in [0.29, 0.717) is 20.1 Å². The first-order valence-electron chi connectivity index (χ1n) is 7.26. The van der Waals surface area contributed by atoms with Crippen molar-refractivity contribution >= 4 is 46.4 Å². The van der Waals surface area contributed by atoms with Crippen LogP contribution in [0.3, 0.4) is 0 Å². The molecule has 0 heterocycles. The van der Waals surface area contributed by atoms with Gasteiger partial charge in [-0.25, -0.2) is 0 Å². The van der Waals surface area contributed by atoms with Gasteiger partial charge in [-0.2, -0.15) is 0 Å². The highest BCUT2D eigenvalue weighted by atomic mass is 35.5. The lowest BCUT2D eigenvalue weighted by molar-refractivity contribution is 0.481. The topological polar surface area (TPSA) is 0 Å². The van der Waals surface area contributed by atoms with Crippen molar-refractivity contribution in [2.45, 2.75) is 52.4 Å². The van der Waals surface area contributed by atoms with Crippen LogP contribution >= 0.6 is 46.4 Å². The Labute approximate surface area is 152 Å². The van der Waals surface area contributed by atoms with Crippen molar-refractivity contribution in [1.29, 1.82) is 0 Å². The van der Waals surface area contributed by atoms with Crippen molar-refractivity contribution < 1.29 is 0 Å². The summed E-state index contributed by atoms with van der Waals surface area (Å²) in [5.74, 6) is 0. The van der Waals surface area contributed by atoms with Crippen LogP contribution in [0.25, 0.3) is 0 Å². The largest absolute Gasteiger partial charge is 0.0823 e. The van der Waals surface area contributed by atoms with E-state index >= 15 is 0 Å². The second kappa shape index (κ2) is 4.70. The summed E-state index contributed by atoms with van der Waals surface area (Å²) in [6.45, 7) is 13.1. The van der Waals surface area contributed by atoms with Crippen molar-refractivity contribution in [2.24, 2.45) is 0 Å². The molecule has 0 amide bonds. The van der Waals surface area contributed by atoms with Crippen LogP contribution in [-0.2, 0) is 10.8 Å². The summed E-state index contributed by atoms with van der Waals surface area (Å²) >= 11 is 26.0. The first-order valence-corrected chi connectivity index (χ1v) is 8.77. The molecule has 0 spiro atoms. The molecule has 118 valence electrons. The monoisotopic (exact) mass is 374 g/mol. The zero-order valence-corrected chi connectivity index (χ0v) is 16.5. The molecule has 0 saturated heterocycles. The van der Waals surface area contributed by atoms with E-state index < -0.39 is 0 Å². The highest BCUT2D eigenvalue weighted by Gasteiger charge is 2.55. The Hall–Kier alpha value is -0.140. The van der Waals surface area contributed by atoms with Crippen LogP contribution in [0.5, 0.6) is 0 Å². The Kier molecular flexibility index (Phi) is 3.57. The lowest BCUT2D eigenvalue weighted by Gasteiger charge is -2.55. The Balaban J connectivity index is 2.63. The van der Waals surface area contributed by atoms with Crippen molar-refractivity contribution in [2.75, 3.05) is 0 Å². The van der Waals surface area contributed by atoms with Crippen molar-refractivity contribution in [1.82, 2.24) is 0 Å². The van der Waals surface area contributed by atoms with Gasteiger partial charge in [-0.1, -0.05) is 68.7 Å². The highest BCUT2D eigenvalue weighted by molar-refractivity contribution is 6.52. The van der Waals surface area contributed by atoms with E-state index in [0.717, 1.165) is 11.1 Å². The number of benzene rings is 1. The lowest BCUT2D eigenvalue weighted by atomic mass is 9.49. The van der Waals surface area contributed by atoms with E-state index in [4.69, 9.17) is 46.4 Å². The predicted octanol–water partition coefficient (Wildman–Crippen LogP) is 7.52. The third-order valence-electron chi connectivity index (χ3n) is 6.39. The molecule has 3 aliphatic carbocycles. The van der Waals surface area contributed by atoms with Gasteiger partial charge in [0.2, 0.25) is 0 Å². The molecule has 4 rings (SSSR count). The van der Waals surface area contributed by atoms with Gasteiger partial charge in [0, 0.05) is 10.8 Å². The highest BCUT2D eigenvalue weighted by Crippen LogP contribution is 2.65. The second-order valence-corrected chi connectivity index (χ2v) is 8.27. The van der Waals surface area contributed by atoms with Gasteiger partial charge in [0.25, 0.3) is 0 Å². The minimum absolute atomic E-state index is 0.282. The molecular weight excluding hydrogens is 358 g/mol. The summed E-state index contributed by atoms with van der Waals surface area (Å²) in [7, 11) is 0. The Morgan fingerprint density at radius 3 is 0.955 bits per heavy atom. The molecule has 22 heavy (non-hydrogen) atoms. The molecule has 1 aromatic rings. The first kappa shape index (κ1) is 16.7. The number of halogens is 4. The number of rotatable bonds is 0. The Morgan fingerprint density at radius 2 is 0.727 bits per heavy atom. The van der Waals surface area contributed by atoms with Gasteiger partial charge in [0.05, 0.1) is 20.1 Å². The maximum Gasteiger partial charge on any atom is 0.0797 e. The molecule has 4 heteroatoms. The fourth-order valence-electron chi connectivity index (χ4n) is 4.38. The molecule has 0 N–H and O–H groups in total. The third-order valence-corrected chi connectivity index (χ3v) is 8.19. The molecule has 0 fully saturated rings. The zero-order valence-electron chi connectivity index (χ0n) is 13.5. The van der Waals surface area contributed by atoms with Gasteiger partial charge in [0.1, 0.15) is 0 Å². The van der Waals surface area contributed by atoms with E-state index in [9.17, 15) is 0 Å². The fraction of sp³-hybridized carbons (Fsp3) is 0.444. The molecule has 0 saturated carbocycles. The van der Waals surface area contributed by atoms with Crippen LogP contribution in [0.15, 0.2) is 22.3 Å². The lowest BCUT2D eigenvalue weighted by Crippen LogP contribution is -2.47. The standard InChI is InChI=1S/C18H18Cl4/c1-7-8(2)18(6)10(4)9(3)17(7,5)11-12(18)14(20)16(22)15(21)13(11)19/h1-6H3. The van der Waals surface area contributed by atoms with E-state index in [1.54, 1.807) is 0 Å². The molecule has 2 bridgehead atoms. The summed E-state index contributed by atoms with van der Waals surface area (Å²) in [6, 6.07) is 0. The fourth-order valence-corrected chi connectivity index (χ4v) is 5.61. The average Bonchev–Trinajstić information content (AvgIpc) is 2.49. The SMILES string of the molecule is CC1=C(C)C2(C)C(C)=C(C)C1(C)c1c(Cl)c(Cl)c(Cl)c(Cl)c12. The summed E-state index contributed by atoms with van der Waals surface area (Å²) in [5.41, 5.74) is 6.75. The normalized spacial score (nSPS) is 30.3. The van der Waals surface area contributed by atoms with Crippen LogP contribution in [0.2, 0.25) is 20.1 Å². The first-order chi connectivity index (χ1) is 10.0. The van der Waals surface area contributed by atoms with E-state index in [2.05, 4.69) is 41.5 Å². The molecule has 0 aliphatic heterocycles. The quantitative estimate of drug-likeness (QED) is 0.250. The molecule has 0 radical (unpaired) electrons. The van der Waals surface area contributed by atoms with Crippen molar-refractivity contribution in [3.8, 4) is 0 Å². The molecule has 0 unspecified atom stereocenters. The molecule has 0 atom stereocenters. The summed E-state index contributed by atoms with van der Waals surface area (Å²) < 4.78 is 0. The van der Waals surface area contributed by atoms with Crippen LogP contribution in [0.1, 0.15) is 52.7 Å². The maximum atomic E-state index is 6.64. The van der Waals surface area contributed by atoms with E-state index in [1.165, 1.54) is 22.3 Å². The van der Waals surface area contributed by atoms with Gasteiger partial charge in [0.15, 0.2) is 0 Å². The van der Waals surface area contributed by atoms with Gasteiger partial charge >= 0.3 is 0 Å². The Bertz CT molecular complexity index is 705. The Morgan fingerprint density at radius 1 is 0.500 bits per heavy atom. The van der Waals surface area contributed by atoms with Crippen LogP contribution < -0.4 is 0 Å². The third kappa shape index (κ3) is 1.53. The summed E-state index contributed by atoms with van der Waals surface area (Å²) in [4.78, 5) is 0. The smallest absolute Gasteiger partial charge is 0.0797 e. The van der Waals surface area contributed by atoms with E-state index in [-0.39, 0.29) is 10.8 Å². The minimum atomic E-state index is -0.282. The second-order valence-electron chi connectivity index (χ2n) is 6.76. The van der Waals surface area contributed by atoms with Crippen molar-refractivity contribution in [3.63, 3.8) is 0 Å². The van der Waals surface area contributed by atoms with Crippen molar-refractivity contribution in [3.05, 3.63) is 53.5 Å². The predicted molar refractivity (Wildman–Crippen MR) is 97.9 cm³/mol. The average molecular weight is 376 g/mol. The number of allylic oxidation sites excluding steroid dienone is 4. The molecule has 0 nitrogen and oxygen atoms in total. The number of hydrogen-bond donors (Lipinski definition) is 0. The minimum Gasteiger partial charge on any atom is -0.0823 e. The van der Waals surface area contributed by atoms with Crippen LogP contribution in [0, 0.1) is 0 Å². The maximum absolute atomic E-state index is 6.64. The molecule has 3 aliphatic rings. The summed E-state index contributed by atoms with van der Waals surface area (Å²) in [6.07, 6.45) is 0. The van der Waals surface area contributed by atoms with Gasteiger partial charge in [-0.15, -0.1) is 0 Å². The van der Waals surface area contributed by atoms with E-state index in [1.807, 2.05) is 0 Å². The molecular formula is C18H18Cl4. The zero-order chi connectivity index (χ0) is 16.8. The summed E-state index contributed by atoms with van der Waals surface area (Å²) in [5, 5.41) is 1.75. The molecule has 0 aromatic heterocycles. The van der Waals surface area contributed by atoms with Gasteiger partial charge in [-0.3, -0.25) is 0 Å². The van der Waals surface area contributed by atoms with Crippen LogP contribution in [0.4, 0.5) is 0 Å². The molecule has 1 aromatic carbocycles. The van der Waals surface area contributed by atoms with Gasteiger partial charge < -0.3 is 0 Å².